The Kier molecular flexibility index (Phi) is 4.36. The van der Waals surface area contributed by atoms with Crippen LogP contribution in [0.4, 0.5) is 13.2 Å². The highest BCUT2D eigenvalue weighted by Gasteiger charge is 2.55. The van der Waals surface area contributed by atoms with Gasteiger partial charge in [-0.15, -0.1) is 0 Å². The van der Waals surface area contributed by atoms with Crippen LogP contribution in [0.2, 0.25) is 0 Å². The zero-order valence-corrected chi connectivity index (χ0v) is 14.0. The number of halogens is 3. The quantitative estimate of drug-likeness (QED) is 0.895. The number of rotatable bonds is 2. The Balaban J connectivity index is 1.96. The molecule has 2 atom stereocenters. The normalized spacial score (nSPS) is 28.2. The van der Waals surface area contributed by atoms with E-state index in [1.54, 1.807) is 12.1 Å². The number of hydrogen-bond acceptors (Lipinski definition) is 2. The topological polar surface area (TPSA) is 32.3 Å². The fraction of sp³-hybridized carbons (Fsp3) is 0.611. The molecule has 0 aromatic heterocycles. The minimum Gasteiger partial charge on any atom is -0.339 e. The first-order valence-corrected chi connectivity index (χ1v) is 8.44. The third-order valence-electron chi connectivity index (χ3n) is 5.41. The summed E-state index contributed by atoms with van der Waals surface area (Å²) in [7, 11) is 0. The van der Waals surface area contributed by atoms with E-state index in [0.29, 0.717) is 13.1 Å². The van der Waals surface area contributed by atoms with E-state index in [9.17, 15) is 18.0 Å². The van der Waals surface area contributed by atoms with Gasteiger partial charge in [-0.05, 0) is 50.9 Å². The van der Waals surface area contributed by atoms with Crippen molar-refractivity contribution < 1.29 is 18.0 Å². The van der Waals surface area contributed by atoms with Crippen molar-refractivity contribution in [1.82, 2.24) is 10.2 Å². The molecule has 0 aliphatic carbocycles. The number of nitrogens with one attached hydrogen (secondary N) is 1. The van der Waals surface area contributed by atoms with Crippen molar-refractivity contribution in [3.63, 3.8) is 0 Å². The van der Waals surface area contributed by atoms with Crippen molar-refractivity contribution in [2.75, 3.05) is 19.6 Å². The second-order valence-electron chi connectivity index (χ2n) is 7.16. The molecule has 3 nitrogen and oxygen atoms in total. The van der Waals surface area contributed by atoms with Crippen molar-refractivity contribution in [3.8, 4) is 0 Å². The summed E-state index contributed by atoms with van der Waals surface area (Å²) < 4.78 is 38.4. The van der Waals surface area contributed by atoms with E-state index < -0.39 is 17.2 Å². The van der Waals surface area contributed by atoms with E-state index in [1.165, 1.54) is 0 Å². The van der Waals surface area contributed by atoms with Crippen LogP contribution in [0.25, 0.3) is 0 Å². The third kappa shape index (κ3) is 2.81. The van der Waals surface area contributed by atoms with Crippen molar-refractivity contribution in [2.45, 2.75) is 44.8 Å². The molecule has 3 rings (SSSR count). The Hall–Kier alpha value is -1.56. The van der Waals surface area contributed by atoms with Gasteiger partial charge in [0, 0.05) is 25.0 Å². The number of hydrogen-bond donors (Lipinski definition) is 1. The highest BCUT2D eigenvalue weighted by molar-refractivity contribution is 5.87. The van der Waals surface area contributed by atoms with E-state index in [4.69, 9.17) is 0 Å². The lowest BCUT2D eigenvalue weighted by atomic mass is 9.69. The van der Waals surface area contributed by atoms with Gasteiger partial charge in [0.15, 0.2) is 0 Å². The molecule has 0 unspecified atom stereocenters. The van der Waals surface area contributed by atoms with Crippen LogP contribution in [0.1, 0.15) is 43.7 Å². The fourth-order valence-electron chi connectivity index (χ4n) is 4.07. The Morgan fingerprint density at radius 3 is 2.42 bits per heavy atom. The van der Waals surface area contributed by atoms with Gasteiger partial charge in [-0.3, -0.25) is 4.79 Å². The van der Waals surface area contributed by atoms with Crippen LogP contribution in [0.15, 0.2) is 24.3 Å². The number of likely N-dealkylation sites (tertiary alicyclic amines) is 1. The molecule has 2 heterocycles. The summed E-state index contributed by atoms with van der Waals surface area (Å²) in [6.07, 6.45) is -2.64. The molecule has 1 aromatic carbocycles. The van der Waals surface area contributed by atoms with E-state index >= 15 is 0 Å². The van der Waals surface area contributed by atoms with Gasteiger partial charge in [0.25, 0.3) is 0 Å². The molecular weight excluding hydrogens is 317 g/mol. The molecule has 0 radical (unpaired) electrons. The summed E-state index contributed by atoms with van der Waals surface area (Å²) in [5, 5.41) is 3.32. The maximum absolute atomic E-state index is 13.0. The fourth-order valence-corrected chi connectivity index (χ4v) is 4.07. The lowest BCUT2D eigenvalue weighted by Crippen LogP contribution is -2.48. The number of alkyl halides is 3. The second kappa shape index (κ2) is 6.06. The molecule has 2 saturated heterocycles. The standard InChI is InChI=1S/C18H23F3N2O/c1-12(2)23-10-15(17(16(23)24)8-3-9-22-11-17)13-4-6-14(7-5-13)18(19,20)21/h4-7,12,15,22H,3,8-11H2,1-2H3/t15-,17-/m0/s1. The van der Waals surface area contributed by atoms with E-state index in [0.717, 1.165) is 37.1 Å². The number of benzene rings is 1. The van der Waals surface area contributed by atoms with Gasteiger partial charge in [0.1, 0.15) is 0 Å². The zero-order chi connectivity index (χ0) is 17.5. The number of nitrogens with zero attached hydrogens (tertiary/aromatic N) is 1. The molecule has 1 N–H and O–H groups in total. The number of amides is 1. The molecule has 2 aliphatic heterocycles. The van der Waals surface area contributed by atoms with Gasteiger partial charge in [0.2, 0.25) is 5.91 Å². The second-order valence-corrected chi connectivity index (χ2v) is 7.16. The maximum Gasteiger partial charge on any atom is 0.416 e. The van der Waals surface area contributed by atoms with Crippen LogP contribution in [0.5, 0.6) is 0 Å². The van der Waals surface area contributed by atoms with Crippen molar-refractivity contribution in [1.29, 1.82) is 0 Å². The van der Waals surface area contributed by atoms with Gasteiger partial charge in [0.05, 0.1) is 11.0 Å². The zero-order valence-electron chi connectivity index (χ0n) is 14.0. The summed E-state index contributed by atoms with van der Waals surface area (Å²) in [5.41, 5.74) is -0.349. The predicted octanol–water partition coefficient (Wildman–Crippen LogP) is 3.41. The summed E-state index contributed by atoms with van der Waals surface area (Å²) in [4.78, 5) is 14.9. The van der Waals surface area contributed by atoms with Crippen LogP contribution < -0.4 is 5.32 Å². The van der Waals surface area contributed by atoms with Gasteiger partial charge in [-0.25, -0.2) is 0 Å². The van der Waals surface area contributed by atoms with E-state index in [2.05, 4.69) is 5.32 Å². The van der Waals surface area contributed by atoms with E-state index in [-0.39, 0.29) is 17.9 Å². The molecule has 0 bridgehead atoms. The largest absolute Gasteiger partial charge is 0.416 e. The average molecular weight is 340 g/mol. The molecule has 1 aromatic rings. The monoisotopic (exact) mass is 340 g/mol. The van der Waals surface area contributed by atoms with Crippen molar-refractivity contribution in [2.24, 2.45) is 5.41 Å². The molecule has 2 aliphatic rings. The Morgan fingerprint density at radius 2 is 1.92 bits per heavy atom. The molecule has 6 heteroatoms. The van der Waals surface area contributed by atoms with Gasteiger partial charge < -0.3 is 10.2 Å². The number of carbonyl (C=O) groups excluding carboxylic acids is 1. The third-order valence-corrected chi connectivity index (χ3v) is 5.41. The minimum absolute atomic E-state index is 0.0671. The summed E-state index contributed by atoms with van der Waals surface area (Å²) >= 11 is 0. The number of piperidine rings is 1. The van der Waals surface area contributed by atoms with Crippen LogP contribution >= 0.6 is 0 Å². The number of carbonyl (C=O) groups is 1. The summed E-state index contributed by atoms with van der Waals surface area (Å²) in [5.74, 6) is 0.0667. The maximum atomic E-state index is 13.0. The van der Waals surface area contributed by atoms with Crippen molar-refractivity contribution >= 4 is 5.91 Å². The highest BCUT2D eigenvalue weighted by atomic mass is 19.4. The average Bonchev–Trinajstić information content (AvgIpc) is 2.81. The van der Waals surface area contributed by atoms with Crippen LogP contribution in [0.3, 0.4) is 0 Å². The first-order chi connectivity index (χ1) is 11.3. The Bertz CT molecular complexity index is 604. The minimum atomic E-state index is -4.34. The first-order valence-electron chi connectivity index (χ1n) is 8.44. The molecule has 0 saturated carbocycles. The first kappa shape index (κ1) is 17.3. The SMILES string of the molecule is CC(C)N1C[C@@H](c2ccc(C(F)(F)F)cc2)[C@@]2(CCCNC2)C1=O. The van der Waals surface area contributed by atoms with Crippen LogP contribution in [-0.2, 0) is 11.0 Å². The van der Waals surface area contributed by atoms with Gasteiger partial charge in [-0.2, -0.15) is 13.2 Å². The van der Waals surface area contributed by atoms with Crippen molar-refractivity contribution in [3.05, 3.63) is 35.4 Å². The Labute approximate surface area is 140 Å². The van der Waals surface area contributed by atoms with Crippen LogP contribution in [0, 0.1) is 5.41 Å². The Morgan fingerprint density at radius 1 is 1.25 bits per heavy atom. The summed E-state index contributed by atoms with van der Waals surface area (Å²) in [6.45, 7) is 6.02. The molecule has 2 fully saturated rings. The molecule has 132 valence electrons. The smallest absolute Gasteiger partial charge is 0.339 e. The lowest BCUT2D eigenvalue weighted by molar-refractivity contribution is -0.139. The predicted molar refractivity (Wildman–Crippen MR) is 85.6 cm³/mol. The molecule has 1 spiro atoms. The summed E-state index contributed by atoms with van der Waals surface area (Å²) in [6, 6.07) is 5.43. The van der Waals surface area contributed by atoms with E-state index in [1.807, 2.05) is 18.7 Å². The van der Waals surface area contributed by atoms with Crippen LogP contribution in [-0.4, -0.2) is 36.5 Å². The highest BCUT2D eigenvalue weighted by Crippen LogP contribution is 2.48. The molecule has 1 amide bonds. The molecular formula is C18H23F3N2O. The van der Waals surface area contributed by atoms with Gasteiger partial charge >= 0.3 is 6.18 Å². The van der Waals surface area contributed by atoms with Gasteiger partial charge in [-0.1, -0.05) is 12.1 Å². The molecule has 24 heavy (non-hydrogen) atoms. The lowest BCUT2D eigenvalue weighted by Gasteiger charge is -2.37.